The monoisotopic (exact) mass is 289 g/mol. The molecule has 2 unspecified atom stereocenters. The number of benzene rings is 1. The highest BCUT2D eigenvalue weighted by Crippen LogP contribution is 2.14. The molecule has 0 aromatic heterocycles. The molecule has 0 saturated carbocycles. The number of carbonyl (C=O) groups excluding carboxylic acids is 1. The first-order valence-corrected chi connectivity index (χ1v) is 7.87. The van der Waals surface area contributed by atoms with Gasteiger partial charge in [-0.15, -0.1) is 0 Å². The van der Waals surface area contributed by atoms with Crippen LogP contribution in [-0.4, -0.2) is 36.0 Å². The van der Waals surface area contributed by atoms with Crippen LogP contribution in [0.2, 0.25) is 0 Å². The Balaban J connectivity index is 1.76. The SMILES string of the molecule is CC(C)CC(N)C(=O)NC1CCN(Cc2ccccc2)C1. The van der Waals surface area contributed by atoms with Gasteiger partial charge in [0.2, 0.25) is 5.91 Å². The summed E-state index contributed by atoms with van der Waals surface area (Å²) in [4.78, 5) is 14.4. The van der Waals surface area contributed by atoms with Crippen molar-refractivity contribution in [3.05, 3.63) is 35.9 Å². The Hall–Kier alpha value is -1.39. The minimum Gasteiger partial charge on any atom is -0.351 e. The van der Waals surface area contributed by atoms with E-state index in [1.54, 1.807) is 0 Å². The van der Waals surface area contributed by atoms with Crippen molar-refractivity contribution in [3.63, 3.8) is 0 Å². The maximum Gasteiger partial charge on any atom is 0.237 e. The Labute approximate surface area is 127 Å². The van der Waals surface area contributed by atoms with Gasteiger partial charge in [0, 0.05) is 25.7 Å². The number of likely N-dealkylation sites (tertiary alicyclic amines) is 1. The average Bonchev–Trinajstić information content (AvgIpc) is 2.86. The normalized spacial score (nSPS) is 20.7. The fourth-order valence-electron chi connectivity index (χ4n) is 2.86. The van der Waals surface area contributed by atoms with Gasteiger partial charge in [0.25, 0.3) is 0 Å². The third-order valence-corrected chi connectivity index (χ3v) is 3.93. The van der Waals surface area contributed by atoms with Gasteiger partial charge in [0.05, 0.1) is 6.04 Å². The van der Waals surface area contributed by atoms with Crippen molar-refractivity contribution in [2.75, 3.05) is 13.1 Å². The molecule has 116 valence electrons. The highest BCUT2D eigenvalue weighted by molar-refractivity contribution is 5.81. The second kappa shape index (κ2) is 7.57. The van der Waals surface area contributed by atoms with Crippen molar-refractivity contribution in [2.24, 2.45) is 11.7 Å². The summed E-state index contributed by atoms with van der Waals surface area (Å²) in [6, 6.07) is 10.3. The summed E-state index contributed by atoms with van der Waals surface area (Å²) in [6.07, 6.45) is 1.75. The molecule has 1 aliphatic rings. The van der Waals surface area contributed by atoms with Crippen LogP contribution in [0.25, 0.3) is 0 Å². The van der Waals surface area contributed by atoms with Crippen LogP contribution in [0.4, 0.5) is 0 Å². The number of rotatable bonds is 6. The number of nitrogens with zero attached hydrogens (tertiary/aromatic N) is 1. The van der Waals surface area contributed by atoms with Gasteiger partial charge >= 0.3 is 0 Å². The van der Waals surface area contributed by atoms with Gasteiger partial charge in [-0.05, 0) is 24.3 Å². The van der Waals surface area contributed by atoms with E-state index in [4.69, 9.17) is 5.73 Å². The molecule has 4 heteroatoms. The van der Waals surface area contributed by atoms with Crippen molar-refractivity contribution >= 4 is 5.91 Å². The summed E-state index contributed by atoms with van der Waals surface area (Å²) in [5.41, 5.74) is 7.25. The van der Waals surface area contributed by atoms with E-state index in [0.29, 0.717) is 5.92 Å². The molecule has 0 bridgehead atoms. The third kappa shape index (κ3) is 5.14. The number of nitrogens with two attached hydrogens (primary N) is 1. The molecule has 1 aromatic carbocycles. The minimum absolute atomic E-state index is 0.00439. The van der Waals surface area contributed by atoms with Gasteiger partial charge in [-0.3, -0.25) is 9.69 Å². The molecular formula is C17H27N3O. The van der Waals surface area contributed by atoms with E-state index in [9.17, 15) is 4.79 Å². The van der Waals surface area contributed by atoms with Crippen LogP contribution in [0.1, 0.15) is 32.3 Å². The predicted octanol–water partition coefficient (Wildman–Crippen LogP) is 1.75. The van der Waals surface area contributed by atoms with Gasteiger partial charge in [-0.1, -0.05) is 44.2 Å². The molecule has 1 saturated heterocycles. The van der Waals surface area contributed by atoms with Crippen molar-refractivity contribution in [2.45, 2.75) is 45.3 Å². The van der Waals surface area contributed by atoms with Crippen LogP contribution in [-0.2, 0) is 11.3 Å². The Morgan fingerprint density at radius 2 is 2.10 bits per heavy atom. The lowest BCUT2D eigenvalue weighted by Gasteiger charge is -2.19. The number of hydrogen-bond acceptors (Lipinski definition) is 3. The fourth-order valence-corrected chi connectivity index (χ4v) is 2.86. The Morgan fingerprint density at radius 1 is 1.38 bits per heavy atom. The molecule has 1 aliphatic heterocycles. The summed E-state index contributed by atoms with van der Waals surface area (Å²) in [5.74, 6) is 0.444. The average molecular weight is 289 g/mol. The van der Waals surface area contributed by atoms with Crippen LogP contribution in [0.3, 0.4) is 0 Å². The molecule has 2 rings (SSSR count). The Kier molecular flexibility index (Phi) is 5.76. The van der Waals surface area contributed by atoms with Crippen molar-refractivity contribution in [1.29, 1.82) is 0 Å². The maximum absolute atomic E-state index is 12.0. The van der Waals surface area contributed by atoms with Gasteiger partial charge in [-0.2, -0.15) is 0 Å². The third-order valence-electron chi connectivity index (χ3n) is 3.93. The molecular weight excluding hydrogens is 262 g/mol. The first-order valence-electron chi connectivity index (χ1n) is 7.87. The number of carbonyl (C=O) groups is 1. The molecule has 1 aromatic rings. The standard InChI is InChI=1S/C17H27N3O/c1-13(2)10-16(18)17(21)19-15-8-9-20(12-15)11-14-6-4-3-5-7-14/h3-7,13,15-16H,8-12,18H2,1-2H3,(H,19,21). The highest BCUT2D eigenvalue weighted by Gasteiger charge is 2.25. The first-order chi connectivity index (χ1) is 10.0. The molecule has 1 heterocycles. The van der Waals surface area contributed by atoms with Crippen LogP contribution in [0, 0.1) is 5.92 Å². The zero-order valence-electron chi connectivity index (χ0n) is 13.1. The Morgan fingerprint density at radius 3 is 2.76 bits per heavy atom. The van der Waals surface area contributed by atoms with E-state index in [-0.39, 0.29) is 18.0 Å². The van der Waals surface area contributed by atoms with Crippen LogP contribution < -0.4 is 11.1 Å². The first kappa shape index (κ1) is 16.0. The van der Waals surface area contributed by atoms with Gasteiger partial charge in [0.1, 0.15) is 0 Å². The summed E-state index contributed by atoms with van der Waals surface area (Å²) < 4.78 is 0. The van der Waals surface area contributed by atoms with Gasteiger partial charge in [0.15, 0.2) is 0 Å². The van der Waals surface area contributed by atoms with E-state index < -0.39 is 0 Å². The molecule has 0 radical (unpaired) electrons. The van der Waals surface area contributed by atoms with E-state index in [1.807, 2.05) is 6.07 Å². The fraction of sp³-hybridized carbons (Fsp3) is 0.588. The lowest BCUT2D eigenvalue weighted by atomic mass is 10.0. The molecule has 0 aliphatic carbocycles. The molecule has 0 spiro atoms. The summed E-state index contributed by atoms with van der Waals surface area (Å²) in [7, 11) is 0. The van der Waals surface area contributed by atoms with E-state index in [1.165, 1.54) is 5.56 Å². The van der Waals surface area contributed by atoms with Gasteiger partial charge in [-0.25, -0.2) is 0 Å². The van der Waals surface area contributed by atoms with Crippen LogP contribution in [0.15, 0.2) is 30.3 Å². The molecule has 2 atom stereocenters. The van der Waals surface area contributed by atoms with E-state index in [2.05, 4.69) is 48.3 Å². The second-order valence-electron chi connectivity index (χ2n) is 6.45. The number of amides is 1. The van der Waals surface area contributed by atoms with Crippen molar-refractivity contribution in [1.82, 2.24) is 10.2 Å². The number of nitrogens with one attached hydrogen (secondary N) is 1. The molecule has 3 N–H and O–H groups in total. The predicted molar refractivity (Wildman–Crippen MR) is 85.7 cm³/mol. The Bertz CT molecular complexity index is 447. The highest BCUT2D eigenvalue weighted by atomic mass is 16.2. The van der Waals surface area contributed by atoms with Crippen molar-refractivity contribution < 1.29 is 4.79 Å². The quantitative estimate of drug-likeness (QED) is 0.839. The lowest BCUT2D eigenvalue weighted by molar-refractivity contribution is -0.123. The van der Waals surface area contributed by atoms with Crippen LogP contribution >= 0.6 is 0 Å². The summed E-state index contributed by atoms with van der Waals surface area (Å²) >= 11 is 0. The molecule has 4 nitrogen and oxygen atoms in total. The van der Waals surface area contributed by atoms with Crippen molar-refractivity contribution in [3.8, 4) is 0 Å². The summed E-state index contributed by atoms with van der Waals surface area (Å²) in [5, 5.41) is 3.09. The smallest absolute Gasteiger partial charge is 0.237 e. The lowest BCUT2D eigenvalue weighted by Crippen LogP contribution is -2.46. The zero-order valence-corrected chi connectivity index (χ0v) is 13.1. The number of hydrogen-bond donors (Lipinski definition) is 2. The van der Waals surface area contributed by atoms with E-state index >= 15 is 0 Å². The van der Waals surface area contributed by atoms with Gasteiger partial charge < -0.3 is 11.1 Å². The van der Waals surface area contributed by atoms with E-state index in [0.717, 1.165) is 32.5 Å². The topological polar surface area (TPSA) is 58.4 Å². The largest absolute Gasteiger partial charge is 0.351 e. The molecule has 1 fully saturated rings. The molecule has 21 heavy (non-hydrogen) atoms. The minimum atomic E-state index is -0.381. The summed E-state index contributed by atoms with van der Waals surface area (Å²) in [6.45, 7) is 7.06. The molecule has 1 amide bonds. The second-order valence-corrected chi connectivity index (χ2v) is 6.45. The maximum atomic E-state index is 12.0. The van der Waals surface area contributed by atoms with Crippen LogP contribution in [0.5, 0.6) is 0 Å². The zero-order chi connectivity index (χ0) is 15.2.